The van der Waals surface area contributed by atoms with Crippen LogP contribution in [0.25, 0.3) is 0 Å². The molecular weight excluding hydrogens is 284 g/mol. The van der Waals surface area contributed by atoms with Crippen LogP contribution < -0.4 is 11.1 Å². The Morgan fingerprint density at radius 2 is 2.10 bits per heavy atom. The summed E-state index contributed by atoms with van der Waals surface area (Å²) >= 11 is 1.33. The molecule has 0 aliphatic heterocycles. The summed E-state index contributed by atoms with van der Waals surface area (Å²) in [7, 11) is 0. The van der Waals surface area contributed by atoms with Crippen molar-refractivity contribution in [3.63, 3.8) is 0 Å². The normalized spacial score (nSPS) is 11.7. The van der Waals surface area contributed by atoms with Gasteiger partial charge in [0.05, 0.1) is 12.4 Å². The van der Waals surface area contributed by atoms with Gasteiger partial charge in [-0.2, -0.15) is 11.8 Å². The Balaban J connectivity index is 3.46. The molecule has 116 valence electrons. The van der Waals surface area contributed by atoms with Gasteiger partial charge in [-0.15, -0.1) is 0 Å². The number of carboxylic acids is 1. The molecule has 0 aliphatic carbocycles. The van der Waals surface area contributed by atoms with Crippen LogP contribution in [0.15, 0.2) is 0 Å². The Labute approximate surface area is 122 Å². The minimum atomic E-state index is -1.03. The predicted molar refractivity (Wildman–Crippen MR) is 76.4 cm³/mol. The monoisotopic (exact) mass is 306 g/mol. The summed E-state index contributed by atoms with van der Waals surface area (Å²) in [5.41, 5.74) is 5.33. The average Bonchev–Trinajstić information content (AvgIpc) is 2.39. The number of esters is 1. The van der Waals surface area contributed by atoms with E-state index >= 15 is 0 Å². The molecule has 0 saturated carbocycles. The molecule has 0 aromatic carbocycles. The maximum Gasteiger partial charge on any atom is 0.320 e. The first-order valence-corrected chi connectivity index (χ1v) is 7.61. The minimum Gasteiger partial charge on any atom is -0.480 e. The smallest absolute Gasteiger partial charge is 0.320 e. The molecule has 0 aromatic rings. The molecule has 0 aliphatic rings. The van der Waals surface area contributed by atoms with E-state index in [1.54, 1.807) is 6.92 Å². The highest BCUT2D eigenvalue weighted by molar-refractivity contribution is 7.99. The fourth-order valence-electron chi connectivity index (χ4n) is 1.24. The van der Waals surface area contributed by atoms with Gasteiger partial charge < -0.3 is 20.9 Å². The van der Waals surface area contributed by atoms with Gasteiger partial charge >= 0.3 is 11.9 Å². The Bertz CT molecular complexity index is 325. The van der Waals surface area contributed by atoms with E-state index in [2.05, 4.69) is 5.32 Å². The zero-order valence-electron chi connectivity index (χ0n) is 11.6. The summed E-state index contributed by atoms with van der Waals surface area (Å²) in [4.78, 5) is 32.9. The van der Waals surface area contributed by atoms with Crippen LogP contribution in [0.4, 0.5) is 0 Å². The maximum atomic E-state index is 11.4. The Morgan fingerprint density at radius 3 is 2.70 bits per heavy atom. The largest absolute Gasteiger partial charge is 0.480 e. The number of carbonyl (C=O) groups is 3. The van der Waals surface area contributed by atoms with Crippen molar-refractivity contribution in [2.24, 2.45) is 5.73 Å². The standard InChI is InChI=1S/C12H22N2O5S/c1-2-19-11(16)4-3-6-14-10(15)8-20-7-5-9(13)12(17)18/h9H,2-8,13H2,1H3,(H,14,15)(H,17,18). The molecule has 0 aromatic heterocycles. The molecule has 20 heavy (non-hydrogen) atoms. The SMILES string of the molecule is CCOC(=O)CCCNC(=O)CSCCC(N)C(=O)O. The number of hydrogen-bond donors (Lipinski definition) is 3. The lowest BCUT2D eigenvalue weighted by Crippen LogP contribution is -2.31. The number of thioether (sulfide) groups is 1. The molecule has 4 N–H and O–H groups in total. The number of hydrogen-bond acceptors (Lipinski definition) is 6. The van der Waals surface area contributed by atoms with E-state index in [0.29, 0.717) is 31.7 Å². The fraction of sp³-hybridized carbons (Fsp3) is 0.750. The number of rotatable bonds is 11. The van der Waals surface area contributed by atoms with Gasteiger partial charge in [-0.05, 0) is 25.5 Å². The van der Waals surface area contributed by atoms with Gasteiger partial charge in [0.1, 0.15) is 6.04 Å². The number of aliphatic carboxylic acids is 1. The second kappa shape index (κ2) is 11.5. The highest BCUT2D eigenvalue weighted by atomic mass is 32.2. The van der Waals surface area contributed by atoms with Crippen molar-refractivity contribution in [3.8, 4) is 0 Å². The molecule has 0 saturated heterocycles. The van der Waals surface area contributed by atoms with E-state index in [1.807, 2.05) is 0 Å². The number of nitrogens with one attached hydrogen (secondary N) is 1. The fourth-order valence-corrected chi connectivity index (χ4v) is 2.10. The second-order valence-corrected chi connectivity index (χ2v) is 5.15. The summed E-state index contributed by atoms with van der Waals surface area (Å²) in [5, 5.41) is 11.2. The molecule has 1 unspecified atom stereocenters. The summed E-state index contributed by atoms with van der Waals surface area (Å²) in [6, 6.07) is -0.880. The van der Waals surface area contributed by atoms with Crippen LogP contribution >= 0.6 is 11.8 Å². The third-order valence-corrected chi connectivity index (χ3v) is 3.30. The molecule has 0 rings (SSSR count). The molecule has 0 spiro atoms. The van der Waals surface area contributed by atoms with Crippen molar-refractivity contribution in [3.05, 3.63) is 0 Å². The van der Waals surface area contributed by atoms with Crippen molar-refractivity contribution in [2.45, 2.75) is 32.2 Å². The van der Waals surface area contributed by atoms with Crippen LogP contribution in [0, 0.1) is 0 Å². The van der Waals surface area contributed by atoms with Crippen LogP contribution in [-0.4, -0.2) is 53.7 Å². The predicted octanol–water partition coefficient (Wildman–Crippen LogP) is -0.0189. The van der Waals surface area contributed by atoms with Crippen molar-refractivity contribution in [1.82, 2.24) is 5.32 Å². The van der Waals surface area contributed by atoms with E-state index < -0.39 is 12.0 Å². The van der Waals surface area contributed by atoms with E-state index in [9.17, 15) is 14.4 Å². The molecule has 0 bridgehead atoms. The molecule has 0 radical (unpaired) electrons. The van der Waals surface area contributed by atoms with Crippen LogP contribution in [-0.2, 0) is 19.1 Å². The lowest BCUT2D eigenvalue weighted by Gasteiger charge is -2.07. The van der Waals surface area contributed by atoms with Gasteiger partial charge in [-0.3, -0.25) is 14.4 Å². The van der Waals surface area contributed by atoms with E-state index in [0.717, 1.165) is 0 Å². The molecule has 7 nitrogen and oxygen atoms in total. The lowest BCUT2D eigenvalue weighted by atomic mass is 10.2. The topological polar surface area (TPSA) is 119 Å². The van der Waals surface area contributed by atoms with Crippen molar-refractivity contribution in [2.75, 3.05) is 24.7 Å². The van der Waals surface area contributed by atoms with Gasteiger partial charge in [0, 0.05) is 13.0 Å². The Morgan fingerprint density at radius 1 is 1.40 bits per heavy atom. The molecule has 0 fully saturated rings. The lowest BCUT2D eigenvalue weighted by molar-refractivity contribution is -0.143. The zero-order chi connectivity index (χ0) is 15.4. The third kappa shape index (κ3) is 10.6. The first kappa shape index (κ1) is 18.7. The first-order chi connectivity index (χ1) is 9.47. The van der Waals surface area contributed by atoms with Gasteiger partial charge in [0.2, 0.25) is 5.91 Å². The Kier molecular flexibility index (Phi) is 10.8. The summed E-state index contributed by atoms with van der Waals surface area (Å²) in [6.07, 6.45) is 1.16. The van der Waals surface area contributed by atoms with Crippen LogP contribution in [0.5, 0.6) is 0 Å². The summed E-state index contributed by atoms with van der Waals surface area (Å²) < 4.78 is 4.75. The Hall–Kier alpha value is -1.28. The van der Waals surface area contributed by atoms with E-state index in [4.69, 9.17) is 15.6 Å². The van der Waals surface area contributed by atoms with Gasteiger partial charge in [-0.25, -0.2) is 0 Å². The van der Waals surface area contributed by atoms with E-state index in [-0.39, 0.29) is 24.1 Å². The van der Waals surface area contributed by atoms with Gasteiger partial charge in [-0.1, -0.05) is 0 Å². The zero-order valence-corrected chi connectivity index (χ0v) is 12.4. The number of ether oxygens (including phenoxy) is 1. The average molecular weight is 306 g/mol. The van der Waals surface area contributed by atoms with Crippen molar-refractivity contribution >= 4 is 29.6 Å². The summed E-state index contributed by atoms with van der Waals surface area (Å²) in [5.74, 6) is -0.661. The van der Waals surface area contributed by atoms with Crippen molar-refractivity contribution in [1.29, 1.82) is 0 Å². The van der Waals surface area contributed by atoms with Crippen LogP contribution in [0.1, 0.15) is 26.2 Å². The molecular formula is C12H22N2O5S. The molecule has 8 heteroatoms. The van der Waals surface area contributed by atoms with E-state index in [1.165, 1.54) is 11.8 Å². The number of nitrogens with two attached hydrogens (primary N) is 1. The minimum absolute atomic E-state index is 0.136. The molecule has 0 heterocycles. The number of carboxylic acid groups (broad SMARTS) is 1. The second-order valence-electron chi connectivity index (χ2n) is 4.04. The van der Waals surface area contributed by atoms with Gasteiger partial charge in [0.15, 0.2) is 0 Å². The first-order valence-electron chi connectivity index (χ1n) is 6.45. The van der Waals surface area contributed by atoms with Gasteiger partial charge in [0.25, 0.3) is 0 Å². The maximum absolute atomic E-state index is 11.4. The van der Waals surface area contributed by atoms with Crippen molar-refractivity contribution < 1.29 is 24.2 Å². The quantitative estimate of drug-likeness (QED) is 0.362. The number of carbonyl (C=O) groups excluding carboxylic acids is 2. The third-order valence-electron chi connectivity index (χ3n) is 2.31. The highest BCUT2D eigenvalue weighted by Gasteiger charge is 2.11. The highest BCUT2D eigenvalue weighted by Crippen LogP contribution is 2.04. The van der Waals surface area contributed by atoms with Crippen LogP contribution in [0.3, 0.4) is 0 Å². The van der Waals surface area contributed by atoms with Crippen LogP contribution in [0.2, 0.25) is 0 Å². The number of amides is 1. The molecule has 1 atom stereocenters. The summed E-state index contributed by atoms with van der Waals surface area (Å²) in [6.45, 7) is 2.53. The molecule has 1 amide bonds.